The van der Waals surface area contributed by atoms with Crippen LogP contribution >= 0.6 is 0 Å². The Balaban J connectivity index is 2.43. The Morgan fingerprint density at radius 1 is 1.44 bits per heavy atom. The van der Waals surface area contributed by atoms with E-state index in [0.29, 0.717) is 5.82 Å². The highest BCUT2D eigenvalue weighted by Gasteiger charge is 2.11. The van der Waals surface area contributed by atoms with Gasteiger partial charge in [-0.25, -0.2) is 18.1 Å². The van der Waals surface area contributed by atoms with Gasteiger partial charge in [0.1, 0.15) is 4.90 Å². The van der Waals surface area contributed by atoms with Crippen molar-refractivity contribution in [3.63, 3.8) is 0 Å². The number of nitrogens with two attached hydrogens (primary N) is 1. The van der Waals surface area contributed by atoms with Crippen LogP contribution in [0.2, 0.25) is 0 Å². The van der Waals surface area contributed by atoms with E-state index in [4.69, 9.17) is 5.73 Å². The van der Waals surface area contributed by atoms with Crippen LogP contribution in [-0.4, -0.2) is 29.4 Å². The molecule has 0 spiro atoms. The predicted molar refractivity (Wildman–Crippen MR) is 67.1 cm³/mol. The van der Waals surface area contributed by atoms with Gasteiger partial charge in [0, 0.05) is 18.5 Å². The summed E-state index contributed by atoms with van der Waals surface area (Å²) in [4.78, 5) is 4.30. The molecule has 0 fully saturated rings. The van der Waals surface area contributed by atoms with Crippen LogP contribution in [0.4, 0.5) is 0 Å². The van der Waals surface area contributed by atoms with Crippen LogP contribution in [0.15, 0.2) is 35.6 Å². The lowest BCUT2D eigenvalue weighted by Gasteiger charge is -2.07. The molecule has 2 rings (SSSR count). The molecule has 2 heterocycles. The monoisotopic (exact) mass is 266 g/mol. The summed E-state index contributed by atoms with van der Waals surface area (Å²) in [5.74, 6) is 0.541. The van der Waals surface area contributed by atoms with Crippen LogP contribution in [0.3, 0.4) is 0 Å². The van der Waals surface area contributed by atoms with Crippen molar-refractivity contribution in [2.24, 2.45) is 5.73 Å². The summed E-state index contributed by atoms with van der Waals surface area (Å²) in [6.45, 7) is 1.87. The molecule has 96 valence electrons. The van der Waals surface area contributed by atoms with Crippen LogP contribution < -0.4 is 5.73 Å². The van der Waals surface area contributed by atoms with Gasteiger partial charge in [-0.2, -0.15) is 5.10 Å². The minimum Gasteiger partial charge on any atom is -0.324 e. The predicted octanol–water partition coefficient (Wildman–Crippen LogP) is 0.691. The molecule has 0 saturated heterocycles. The number of rotatable bonds is 3. The molecule has 0 amide bonds. The lowest BCUT2D eigenvalue weighted by atomic mass is 10.1. The smallest absolute Gasteiger partial charge is 0.178 e. The van der Waals surface area contributed by atoms with Crippen molar-refractivity contribution in [1.82, 2.24) is 14.8 Å². The van der Waals surface area contributed by atoms with Crippen LogP contribution in [0, 0.1) is 0 Å². The summed E-state index contributed by atoms with van der Waals surface area (Å²) in [5.41, 5.74) is 6.70. The Morgan fingerprint density at radius 2 is 2.17 bits per heavy atom. The zero-order valence-electron chi connectivity index (χ0n) is 10.1. The molecule has 0 radical (unpaired) electrons. The minimum absolute atomic E-state index is 0.114. The highest BCUT2D eigenvalue weighted by Crippen LogP contribution is 2.14. The Kier molecular flexibility index (Phi) is 3.18. The van der Waals surface area contributed by atoms with Crippen molar-refractivity contribution in [2.45, 2.75) is 17.9 Å². The van der Waals surface area contributed by atoms with Gasteiger partial charge in [0.05, 0.1) is 12.4 Å². The van der Waals surface area contributed by atoms with Gasteiger partial charge in [0.25, 0.3) is 0 Å². The van der Waals surface area contributed by atoms with Crippen molar-refractivity contribution >= 4 is 9.84 Å². The first-order chi connectivity index (χ1) is 8.38. The Labute approximate surface area is 105 Å². The van der Waals surface area contributed by atoms with E-state index in [1.807, 2.05) is 13.0 Å². The molecule has 0 unspecified atom stereocenters. The maximum atomic E-state index is 11.4. The zero-order valence-corrected chi connectivity index (χ0v) is 10.9. The number of hydrogen-bond acceptors (Lipinski definition) is 5. The van der Waals surface area contributed by atoms with E-state index in [9.17, 15) is 8.42 Å². The van der Waals surface area contributed by atoms with E-state index in [1.165, 1.54) is 17.1 Å². The molecule has 2 N–H and O–H groups in total. The molecule has 0 saturated carbocycles. The molecule has 6 nitrogen and oxygen atoms in total. The fourth-order valence-corrected chi connectivity index (χ4v) is 2.00. The van der Waals surface area contributed by atoms with Gasteiger partial charge in [-0.05, 0) is 24.6 Å². The summed E-state index contributed by atoms with van der Waals surface area (Å²) in [6, 6.07) is 3.48. The SMILES string of the molecule is C[C@@H](N)c1ccnc(-n2cc(S(C)(=O)=O)cn2)c1. The third-order valence-electron chi connectivity index (χ3n) is 2.52. The summed E-state index contributed by atoms with van der Waals surface area (Å²) in [6.07, 6.45) is 5.49. The molecular weight excluding hydrogens is 252 g/mol. The molecule has 1 atom stereocenters. The van der Waals surface area contributed by atoms with Gasteiger partial charge >= 0.3 is 0 Å². The second-order valence-electron chi connectivity index (χ2n) is 4.13. The van der Waals surface area contributed by atoms with Gasteiger partial charge in [0.15, 0.2) is 15.7 Å². The molecule has 2 aromatic rings. The second-order valence-corrected chi connectivity index (χ2v) is 6.14. The number of pyridine rings is 1. The molecule has 0 aliphatic heterocycles. The van der Waals surface area contributed by atoms with E-state index in [0.717, 1.165) is 11.8 Å². The lowest BCUT2D eigenvalue weighted by Crippen LogP contribution is -2.07. The van der Waals surface area contributed by atoms with Crippen molar-refractivity contribution < 1.29 is 8.42 Å². The number of aromatic nitrogens is 3. The number of hydrogen-bond donors (Lipinski definition) is 1. The maximum Gasteiger partial charge on any atom is 0.178 e. The number of sulfone groups is 1. The minimum atomic E-state index is -3.25. The van der Waals surface area contributed by atoms with Gasteiger partial charge < -0.3 is 5.73 Å². The van der Waals surface area contributed by atoms with Crippen molar-refractivity contribution in [3.05, 3.63) is 36.3 Å². The Hall–Kier alpha value is -1.73. The van der Waals surface area contributed by atoms with Crippen molar-refractivity contribution in [2.75, 3.05) is 6.26 Å². The van der Waals surface area contributed by atoms with Crippen LogP contribution in [0.25, 0.3) is 5.82 Å². The van der Waals surface area contributed by atoms with Crippen LogP contribution in [0.5, 0.6) is 0 Å². The summed E-state index contributed by atoms with van der Waals surface area (Å²) >= 11 is 0. The first kappa shape index (κ1) is 12.7. The molecule has 0 bridgehead atoms. The average molecular weight is 266 g/mol. The normalized spacial score (nSPS) is 13.5. The summed E-state index contributed by atoms with van der Waals surface area (Å²) < 4.78 is 24.1. The van der Waals surface area contributed by atoms with E-state index in [2.05, 4.69) is 10.1 Å². The van der Waals surface area contributed by atoms with E-state index in [1.54, 1.807) is 12.3 Å². The largest absolute Gasteiger partial charge is 0.324 e. The molecule has 0 aliphatic carbocycles. The fourth-order valence-electron chi connectivity index (χ4n) is 1.47. The van der Waals surface area contributed by atoms with Crippen molar-refractivity contribution in [1.29, 1.82) is 0 Å². The molecule has 18 heavy (non-hydrogen) atoms. The third kappa shape index (κ3) is 2.57. The van der Waals surface area contributed by atoms with E-state index >= 15 is 0 Å². The maximum absolute atomic E-state index is 11.4. The highest BCUT2D eigenvalue weighted by molar-refractivity contribution is 7.90. The third-order valence-corrected chi connectivity index (χ3v) is 3.58. The fraction of sp³-hybridized carbons (Fsp3) is 0.273. The molecular formula is C11H14N4O2S. The molecule has 7 heteroatoms. The molecule has 0 aliphatic rings. The van der Waals surface area contributed by atoms with Crippen molar-refractivity contribution in [3.8, 4) is 5.82 Å². The standard InChI is InChI=1S/C11H14N4O2S/c1-8(12)9-3-4-13-11(5-9)15-7-10(6-14-15)18(2,16)17/h3-8H,12H2,1-2H3/t8-/m1/s1. The van der Waals surface area contributed by atoms with E-state index in [-0.39, 0.29) is 10.9 Å². The topological polar surface area (TPSA) is 90.9 Å². The van der Waals surface area contributed by atoms with Gasteiger partial charge in [-0.1, -0.05) is 0 Å². The molecule has 2 aromatic heterocycles. The quantitative estimate of drug-likeness (QED) is 0.882. The lowest BCUT2D eigenvalue weighted by molar-refractivity contribution is 0.602. The highest BCUT2D eigenvalue weighted by atomic mass is 32.2. The van der Waals surface area contributed by atoms with Gasteiger partial charge in [0.2, 0.25) is 0 Å². The molecule has 0 aromatic carbocycles. The van der Waals surface area contributed by atoms with Gasteiger partial charge in [-0.15, -0.1) is 0 Å². The summed E-state index contributed by atoms with van der Waals surface area (Å²) in [5, 5.41) is 3.99. The number of nitrogens with zero attached hydrogens (tertiary/aromatic N) is 3. The Bertz CT molecular complexity index is 661. The average Bonchev–Trinajstić information content (AvgIpc) is 2.78. The Morgan fingerprint density at radius 3 is 2.72 bits per heavy atom. The first-order valence-electron chi connectivity index (χ1n) is 5.34. The summed E-state index contributed by atoms with van der Waals surface area (Å²) in [7, 11) is -3.25. The van der Waals surface area contributed by atoms with Crippen LogP contribution in [0.1, 0.15) is 18.5 Å². The first-order valence-corrected chi connectivity index (χ1v) is 7.23. The van der Waals surface area contributed by atoms with E-state index < -0.39 is 9.84 Å². The van der Waals surface area contributed by atoms with Gasteiger partial charge in [-0.3, -0.25) is 0 Å². The second kappa shape index (κ2) is 4.51. The zero-order chi connectivity index (χ0) is 13.3. The van der Waals surface area contributed by atoms with Crippen LogP contribution in [-0.2, 0) is 9.84 Å².